The standard InChI is InChI=1S/C21H24FN7O/c22-15-1-3-16(4-2-15)26-20-18(19(24)30)13-29(27-20)21(14-23)7-11-28(12-8-21)17-5-9-25-10-6-17/h1-6,9-10,13H,7-8,11-12,14,23H2,(H2,24,30)(H,26,27). The minimum atomic E-state index is -0.591. The molecule has 156 valence electrons. The highest BCUT2D eigenvalue weighted by molar-refractivity contribution is 5.98. The molecule has 0 aliphatic carbocycles. The predicted octanol–water partition coefficient (Wildman–Crippen LogP) is 2.21. The number of pyridine rings is 1. The average Bonchev–Trinajstić information content (AvgIpc) is 3.21. The number of rotatable bonds is 6. The zero-order valence-corrected chi connectivity index (χ0v) is 16.5. The summed E-state index contributed by atoms with van der Waals surface area (Å²) in [6.07, 6.45) is 6.74. The Kier molecular flexibility index (Phi) is 5.37. The number of nitrogens with one attached hydrogen (secondary N) is 1. The summed E-state index contributed by atoms with van der Waals surface area (Å²) in [4.78, 5) is 18.4. The van der Waals surface area contributed by atoms with Crippen LogP contribution in [-0.2, 0) is 5.54 Å². The summed E-state index contributed by atoms with van der Waals surface area (Å²) >= 11 is 0. The third-order valence-corrected chi connectivity index (χ3v) is 5.67. The van der Waals surface area contributed by atoms with Gasteiger partial charge in [0, 0.05) is 49.6 Å². The molecule has 9 heteroatoms. The van der Waals surface area contributed by atoms with Crippen molar-refractivity contribution in [1.29, 1.82) is 0 Å². The van der Waals surface area contributed by atoms with E-state index in [1.54, 1.807) is 35.4 Å². The third kappa shape index (κ3) is 3.84. The van der Waals surface area contributed by atoms with Crippen LogP contribution < -0.4 is 21.7 Å². The number of benzene rings is 1. The van der Waals surface area contributed by atoms with E-state index >= 15 is 0 Å². The Bertz CT molecular complexity index is 1010. The first-order valence-corrected chi connectivity index (χ1v) is 9.78. The maximum atomic E-state index is 13.2. The Morgan fingerprint density at radius 2 is 1.80 bits per heavy atom. The van der Waals surface area contributed by atoms with Crippen LogP contribution in [0, 0.1) is 5.82 Å². The molecule has 0 spiro atoms. The van der Waals surface area contributed by atoms with Crippen LogP contribution in [-0.4, -0.2) is 40.3 Å². The molecule has 3 aromatic rings. The van der Waals surface area contributed by atoms with Gasteiger partial charge < -0.3 is 21.7 Å². The second kappa shape index (κ2) is 8.11. The summed E-state index contributed by atoms with van der Waals surface area (Å²) in [5.41, 5.74) is 13.3. The minimum Gasteiger partial charge on any atom is -0.371 e. The van der Waals surface area contributed by atoms with Gasteiger partial charge in [-0.15, -0.1) is 0 Å². The van der Waals surface area contributed by atoms with Crippen LogP contribution in [0.25, 0.3) is 0 Å². The Morgan fingerprint density at radius 3 is 2.40 bits per heavy atom. The van der Waals surface area contributed by atoms with E-state index in [2.05, 4.69) is 20.3 Å². The van der Waals surface area contributed by atoms with Crippen LogP contribution in [0.3, 0.4) is 0 Å². The van der Waals surface area contributed by atoms with Crippen molar-refractivity contribution in [2.24, 2.45) is 11.5 Å². The largest absolute Gasteiger partial charge is 0.371 e. The SMILES string of the molecule is NCC1(n2cc(C(N)=O)c(Nc3ccc(F)cc3)n2)CCN(c2ccncc2)CC1. The van der Waals surface area contributed by atoms with Gasteiger partial charge in [-0.1, -0.05) is 0 Å². The summed E-state index contributed by atoms with van der Waals surface area (Å²) in [7, 11) is 0. The van der Waals surface area contributed by atoms with Crippen molar-refractivity contribution in [2.45, 2.75) is 18.4 Å². The lowest BCUT2D eigenvalue weighted by Gasteiger charge is -2.42. The smallest absolute Gasteiger partial charge is 0.254 e. The monoisotopic (exact) mass is 409 g/mol. The molecule has 1 aliphatic heterocycles. The van der Waals surface area contributed by atoms with Crippen LogP contribution in [0.1, 0.15) is 23.2 Å². The van der Waals surface area contributed by atoms with Gasteiger partial charge in [0.25, 0.3) is 5.91 Å². The van der Waals surface area contributed by atoms with Crippen LogP contribution in [0.2, 0.25) is 0 Å². The maximum absolute atomic E-state index is 13.2. The van der Waals surface area contributed by atoms with Gasteiger partial charge in [0.15, 0.2) is 5.82 Å². The second-order valence-corrected chi connectivity index (χ2v) is 7.45. The molecule has 1 amide bonds. The fourth-order valence-electron chi connectivity index (χ4n) is 3.82. The molecule has 0 unspecified atom stereocenters. The number of halogens is 1. The fraction of sp³-hybridized carbons (Fsp3) is 0.286. The number of aromatic nitrogens is 3. The number of amides is 1. The molecule has 0 atom stereocenters. The fourth-order valence-corrected chi connectivity index (χ4v) is 3.82. The molecule has 0 saturated carbocycles. The lowest BCUT2D eigenvalue weighted by atomic mass is 9.87. The number of nitrogens with two attached hydrogens (primary N) is 2. The first-order chi connectivity index (χ1) is 14.5. The molecule has 4 rings (SSSR count). The van der Waals surface area contributed by atoms with Gasteiger partial charge in [-0.2, -0.15) is 5.10 Å². The Morgan fingerprint density at radius 1 is 1.13 bits per heavy atom. The topological polar surface area (TPSA) is 115 Å². The maximum Gasteiger partial charge on any atom is 0.254 e. The van der Waals surface area contributed by atoms with E-state index in [1.165, 1.54) is 12.1 Å². The number of carbonyl (C=O) groups is 1. The highest BCUT2D eigenvalue weighted by Gasteiger charge is 2.37. The molecule has 0 radical (unpaired) electrons. The van der Waals surface area contributed by atoms with Gasteiger partial charge >= 0.3 is 0 Å². The molecule has 30 heavy (non-hydrogen) atoms. The van der Waals surface area contributed by atoms with E-state index in [4.69, 9.17) is 11.5 Å². The summed E-state index contributed by atoms with van der Waals surface area (Å²) in [5, 5.41) is 7.67. The van der Waals surface area contributed by atoms with Crippen molar-refractivity contribution in [1.82, 2.24) is 14.8 Å². The molecule has 3 heterocycles. The number of anilines is 3. The first kappa shape index (κ1) is 19.8. The van der Waals surface area contributed by atoms with Crippen LogP contribution in [0.4, 0.5) is 21.6 Å². The number of hydrogen-bond acceptors (Lipinski definition) is 6. The molecule has 2 aromatic heterocycles. The predicted molar refractivity (Wildman–Crippen MR) is 113 cm³/mol. The van der Waals surface area contributed by atoms with Crippen LogP contribution in [0.15, 0.2) is 55.0 Å². The highest BCUT2D eigenvalue weighted by atomic mass is 19.1. The number of carbonyl (C=O) groups excluding carboxylic acids is 1. The summed E-state index contributed by atoms with van der Waals surface area (Å²) in [6.45, 7) is 1.98. The molecule has 8 nitrogen and oxygen atoms in total. The number of primary amides is 1. The van der Waals surface area contributed by atoms with Gasteiger partial charge in [-0.3, -0.25) is 14.5 Å². The van der Waals surface area contributed by atoms with Crippen molar-refractivity contribution < 1.29 is 9.18 Å². The summed E-state index contributed by atoms with van der Waals surface area (Å²) in [6, 6.07) is 9.79. The third-order valence-electron chi connectivity index (χ3n) is 5.67. The molecule has 0 bridgehead atoms. The van der Waals surface area contributed by atoms with Gasteiger partial charge in [-0.25, -0.2) is 4.39 Å². The highest BCUT2D eigenvalue weighted by Crippen LogP contribution is 2.33. The molecule has 1 aromatic carbocycles. The van der Waals surface area contributed by atoms with E-state index in [9.17, 15) is 9.18 Å². The summed E-state index contributed by atoms with van der Waals surface area (Å²) in [5.74, 6) is -0.602. The van der Waals surface area contributed by atoms with Gasteiger partial charge in [0.05, 0.1) is 5.54 Å². The Hall–Kier alpha value is -3.46. The molecular formula is C21H24FN7O. The van der Waals surface area contributed by atoms with Crippen molar-refractivity contribution >= 4 is 23.1 Å². The molecule has 1 fully saturated rings. The van der Waals surface area contributed by atoms with Crippen LogP contribution >= 0.6 is 0 Å². The van der Waals surface area contributed by atoms with E-state index in [1.807, 2.05) is 12.1 Å². The molecule has 1 aliphatic rings. The molecular weight excluding hydrogens is 385 g/mol. The van der Waals surface area contributed by atoms with Crippen molar-refractivity contribution in [3.8, 4) is 0 Å². The van der Waals surface area contributed by atoms with E-state index in [-0.39, 0.29) is 11.4 Å². The summed E-state index contributed by atoms with van der Waals surface area (Å²) < 4.78 is 15.0. The Labute approximate surface area is 173 Å². The molecule has 5 N–H and O–H groups in total. The number of hydrogen-bond donors (Lipinski definition) is 3. The molecule has 1 saturated heterocycles. The second-order valence-electron chi connectivity index (χ2n) is 7.45. The first-order valence-electron chi connectivity index (χ1n) is 9.78. The van der Waals surface area contributed by atoms with Gasteiger partial charge in [0.2, 0.25) is 0 Å². The van der Waals surface area contributed by atoms with Crippen LogP contribution in [0.5, 0.6) is 0 Å². The average molecular weight is 409 g/mol. The normalized spacial score (nSPS) is 15.7. The quantitative estimate of drug-likeness (QED) is 0.575. The van der Waals surface area contributed by atoms with Crippen molar-refractivity contribution in [3.05, 3.63) is 66.4 Å². The zero-order chi connectivity index (χ0) is 21.1. The number of piperidine rings is 1. The van der Waals surface area contributed by atoms with Gasteiger partial charge in [-0.05, 0) is 49.2 Å². The van der Waals surface area contributed by atoms with E-state index in [0.717, 1.165) is 31.6 Å². The van der Waals surface area contributed by atoms with E-state index in [0.29, 0.717) is 18.1 Å². The Balaban J connectivity index is 1.59. The number of nitrogens with zero attached hydrogens (tertiary/aromatic N) is 4. The minimum absolute atomic E-state index is 0.267. The van der Waals surface area contributed by atoms with E-state index < -0.39 is 11.4 Å². The van der Waals surface area contributed by atoms with Gasteiger partial charge in [0.1, 0.15) is 11.4 Å². The van der Waals surface area contributed by atoms with Crippen molar-refractivity contribution in [2.75, 3.05) is 29.9 Å². The zero-order valence-electron chi connectivity index (χ0n) is 16.5. The van der Waals surface area contributed by atoms with Crippen molar-refractivity contribution in [3.63, 3.8) is 0 Å². The lowest BCUT2D eigenvalue weighted by Crippen LogP contribution is -2.50. The lowest BCUT2D eigenvalue weighted by molar-refractivity contribution is 0.100.